The Morgan fingerprint density at radius 1 is 1.47 bits per heavy atom. The summed E-state index contributed by atoms with van der Waals surface area (Å²) in [5.74, 6) is 0.00889. The van der Waals surface area contributed by atoms with Gasteiger partial charge in [0.2, 0.25) is 0 Å². The molecular weight excluding hydrogens is 190 g/mol. The average Bonchev–Trinajstić information content (AvgIpc) is 2.42. The molecule has 78 valence electrons. The Morgan fingerprint density at radius 2 is 2.20 bits per heavy atom. The molecule has 3 N–H and O–H groups in total. The van der Waals surface area contributed by atoms with E-state index in [-0.39, 0.29) is 11.9 Å². The fourth-order valence-corrected chi connectivity index (χ4v) is 1.70. The summed E-state index contributed by atoms with van der Waals surface area (Å²) in [7, 11) is 0. The Morgan fingerprint density at radius 3 is 2.73 bits per heavy atom. The zero-order valence-corrected chi connectivity index (χ0v) is 8.74. The van der Waals surface area contributed by atoms with E-state index in [9.17, 15) is 4.79 Å². The lowest BCUT2D eigenvalue weighted by atomic mass is 9.91. The second-order valence-corrected chi connectivity index (χ2v) is 3.89. The summed E-state index contributed by atoms with van der Waals surface area (Å²) in [6, 6.07) is 7.72. The van der Waals surface area contributed by atoms with E-state index in [0.717, 1.165) is 11.1 Å². The molecule has 0 spiro atoms. The Bertz CT molecular complexity index is 453. The van der Waals surface area contributed by atoms with Gasteiger partial charge in [0.1, 0.15) is 0 Å². The third kappa shape index (κ3) is 1.48. The molecule has 0 aromatic heterocycles. The van der Waals surface area contributed by atoms with E-state index < -0.39 is 5.54 Å². The third-order valence-corrected chi connectivity index (χ3v) is 2.61. The van der Waals surface area contributed by atoms with Crippen molar-refractivity contribution in [2.75, 3.05) is 0 Å². The molecular formula is C11H13N3O. The minimum Gasteiger partial charge on any atom is -0.370 e. The number of hydrogen-bond donors (Lipinski definition) is 2. The smallest absolute Gasteiger partial charge is 0.259 e. The van der Waals surface area contributed by atoms with Crippen molar-refractivity contribution in [2.45, 2.75) is 19.4 Å². The van der Waals surface area contributed by atoms with E-state index in [4.69, 9.17) is 5.73 Å². The zero-order chi connectivity index (χ0) is 11.1. The summed E-state index contributed by atoms with van der Waals surface area (Å²) in [6.07, 6.45) is 0. The van der Waals surface area contributed by atoms with E-state index >= 15 is 0 Å². The molecule has 1 aromatic carbocycles. The molecule has 1 aliphatic rings. The normalized spacial score (nSPS) is 24.9. The van der Waals surface area contributed by atoms with Gasteiger partial charge in [-0.1, -0.05) is 29.8 Å². The van der Waals surface area contributed by atoms with Gasteiger partial charge in [0.25, 0.3) is 5.91 Å². The summed E-state index contributed by atoms with van der Waals surface area (Å²) in [5, 5.41) is 2.51. The number of amides is 1. The molecule has 4 heteroatoms. The van der Waals surface area contributed by atoms with Crippen molar-refractivity contribution < 1.29 is 4.79 Å². The summed E-state index contributed by atoms with van der Waals surface area (Å²) >= 11 is 0. The average molecular weight is 203 g/mol. The molecule has 1 heterocycles. The SMILES string of the molecule is Cc1cccc(C2(C)N=C(N)NC2=O)c1. The number of nitrogens with one attached hydrogen (secondary N) is 1. The number of hydrogen-bond acceptors (Lipinski definition) is 3. The summed E-state index contributed by atoms with van der Waals surface area (Å²) in [5.41, 5.74) is 6.58. The number of rotatable bonds is 1. The molecule has 1 amide bonds. The number of aliphatic imine (C=N–C) groups is 1. The first kappa shape index (κ1) is 9.71. The van der Waals surface area contributed by atoms with E-state index in [1.54, 1.807) is 6.92 Å². The van der Waals surface area contributed by atoms with Crippen molar-refractivity contribution in [1.82, 2.24) is 5.32 Å². The van der Waals surface area contributed by atoms with Gasteiger partial charge in [-0.05, 0) is 19.4 Å². The van der Waals surface area contributed by atoms with Gasteiger partial charge in [0.15, 0.2) is 11.5 Å². The molecule has 0 saturated heterocycles. The van der Waals surface area contributed by atoms with Gasteiger partial charge in [0.05, 0.1) is 0 Å². The fraction of sp³-hybridized carbons (Fsp3) is 0.273. The van der Waals surface area contributed by atoms with Gasteiger partial charge in [-0.25, -0.2) is 4.99 Å². The highest BCUT2D eigenvalue weighted by Crippen LogP contribution is 2.28. The van der Waals surface area contributed by atoms with Crippen molar-refractivity contribution >= 4 is 11.9 Å². The third-order valence-electron chi connectivity index (χ3n) is 2.61. The molecule has 2 rings (SSSR count). The highest BCUT2D eigenvalue weighted by Gasteiger charge is 2.39. The molecule has 15 heavy (non-hydrogen) atoms. The Labute approximate surface area is 88.2 Å². The molecule has 0 saturated carbocycles. The molecule has 4 nitrogen and oxygen atoms in total. The largest absolute Gasteiger partial charge is 0.370 e. The van der Waals surface area contributed by atoms with Gasteiger partial charge < -0.3 is 5.73 Å². The lowest BCUT2D eigenvalue weighted by Gasteiger charge is -2.18. The minimum absolute atomic E-state index is 0.175. The number of nitrogens with zero attached hydrogens (tertiary/aromatic N) is 1. The van der Waals surface area contributed by atoms with Crippen LogP contribution in [0.4, 0.5) is 0 Å². The molecule has 0 bridgehead atoms. The van der Waals surface area contributed by atoms with E-state index in [2.05, 4.69) is 10.3 Å². The first-order chi connectivity index (χ1) is 7.02. The predicted molar refractivity (Wildman–Crippen MR) is 58.3 cm³/mol. The standard InChI is InChI=1S/C11H13N3O/c1-7-4-3-5-8(6-7)11(2)9(15)13-10(12)14-11/h3-6H,1-2H3,(H3,12,13,14,15). The second-order valence-electron chi connectivity index (χ2n) is 3.89. The van der Waals surface area contributed by atoms with Crippen molar-refractivity contribution in [3.8, 4) is 0 Å². The van der Waals surface area contributed by atoms with Crippen LogP contribution < -0.4 is 11.1 Å². The monoisotopic (exact) mass is 203 g/mol. The van der Waals surface area contributed by atoms with Gasteiger partial charge in [-0.15, -0.1) is 0 Å². The van der Waals surface area contributed by atoms with E-state index in [0.29, 0.717) is 0 Å². The Balaban J connectivity index is 2.50. The predicted octanol–water partition coefficient (Wildman–Crippen LogP) is 0.655. The maximum Gasteiger partial charge on any atom is 0.259 e. The van der Waals surface area contributed by atoms with Gasteiger partial charge in [-0.2, -0.15) is 0 Å². The van der Waals surface area contributed by atoms with Crippen molar-refractivity contribution in [3.05, 3.63) is 35.4 Å². The number of guanidine groups is 1. The van der Waals surface area contributed by atoms with Crippen LogP contribution in [0.15, 0.2) is 29.3 Å². The van der Waals surface area contributed by atoms with Crippen LogP contribution in [0.2, 0.25) is 0 Å². The summed E-state index contributed by atoms with van der Waals surface area (Å²) in [6.45, 7) is 3.74. The van der Waals surface area contributed by atoms with E-state index in [1.165, 1.54) is 0 Å². The second kappa shape index (κ2) is 3.08. The fourth-order valence-electron chi connectivity index (χ4n) is 1.70. The van der Waals surface area contributed by atoms with Crippen molar-refractivity contribution in [1.29, 1.82) is 0 Å². The molecule has 0 aliphatic carbocycles. The van der Waals surface area contributed by atoms with Crippen molar-refractivity contribution in [2.24, 2.45) is 10.7 Å². The lowest BCUT2D eigenvalue weighted by Crippen LogP contribution is -2.37. The Hall–Kier alpha value is -1.84. The highest BCUT2D eigenvalue weighted by atomic mass is 16.2. The van der Waals surface area contributed by atoms with Crippen molar-refractivity contribution in [3.63, 3.8) is 0 Å². The van der Waals surface area contributed by atoms with Gasteiger partial charge in [-0.3, -0.25) is 10.1 Å². The number of nitrogens with two attached hydrogens (primary N) is 1. The molecule has 1 atom stereocenters. The zero-order valence-electron chi connectivity index (χ0n) is 8.74. The maximum atomic E-state index is 11.7. The van der Waals surface area contributed by atoms with Crippen LogP contribution in [0.5, 0.6) is 0 Å². The first-order valence-corrected chi connectivity index (χ1v) is 4.76. The summed E-state index contributed by atoms with van der Waals surface area (Å²) in [4.78, 5) is 15.9. The molecule has 0 fully saturated rings. The number of aryl methyl sites for hydroxylation is 1. The lowest BCUT2D eigenvalue weighted by molar-refractivity contribution is -0.123. The minimum atomic E-state index is -0.879. The van der Waals surface area contributed by atoms with Crippen LogP contribution in [0, 0.1) is 6.92 Å². The van der Waals surface area contributed by atoms with Crippen LogP contribution in [0.25, 0.3) is 0 Å². The Kier molecular flexibility index (Phi) is 2.00. The highest BCUT2D eigenvalue weighted by molar-refractivity contribution is 6.06. The molecule has 1 aromatic rings. The van der Waals surface area contributed by atoms with Crippen LogP contribution in [-0.2, 0) is 10.3 Å². The van der Waals surface area contributed by atoms with Crippen LogP contribution >= 0.6 is 0 Å². The quantitative estimate of drug-likeness (QED) is 0.703. The van der Waals surface area contributed by atoms with E-state index in [1.807, 2.05) is 31.2 Å². The van der Waals surface area contributed by atoms with Crippen LogP contribution in [0.3, 0.4) is 0 Å². The van der Waals surface area contributed by atoms with Crippen LogP contribution in [0.1, 0.15) is 18.1 Å². The molecule has 1 unspecified atom stereocenters. The molecule has 0 radical (unpaired) electrons. The van der Waals surface area contributed by atoms with Crippen LogP contribution in [-0.4, -0.2) is 11.9 Å². The maximum absolute atomic E-state index is 11.7. The summed E-state index contributed by atoms with van der Waals surface area (Å²) < 4.78 is 0. The van der Waals surface area contributed by atoms with Gasteiger partial charge in [0, 0.05) is 0 Å². The molecule has 1 aliphatic heterocycles. The van der Waals surface area contributed by atoms with Gasteiger partial charge >= 0.3 is 0 Å². The number of benzene rings is 1. The number of carbonyl (C=O) groups is 1. The first-order valence-electron chi connectivity index (χ1n) is 4.76. The number of carbonyl (C=O) groups excluding carboxylic acids is 1. The topological polar surface area (TPSA) is 67.5 Å².